The average molecular weight is 410 g/mol. The summed E-state index contributed by atoms with van der Waals surface area (Å²) < 4.78 is 33.0. The van der Waals surface area contributed by atoms with Crippen molar-refractivity contribution in [3.8, 4) is 0 Å². The molecule has 0 bridgehead atoms. The number of carbonyl (C=O) groups is 1. The summed E-state index contributed by atoms with van der Waals surface area (Å²) in [7, 11) is -3.41. The van der Waals surface area contributed by atoms with Gasteiger partial charge in [-0.25, -0.2) is 13.4 Å². The maximum Gasteiger partial charge on any atom is 0.276 e. The maximum atomic E-state index is 12.6. The zero-order chi connectivity index (χ0) is 19.0. The van der Waals surface area contributed by atoms with Gasteiger partial charge in [-0.3, -0.25) is 4.79 Å². The minimum absolute atomic E-state index is 0.0404. The van der Waals surface area contributed by atoms with Crippen LogP contribution in [-0.2, 0) is 10.0 Å². The Bertz CT molecular complexity index is 907. The van der Waals surface area contributed by atoms with E-state index in [-0.39, 0.29) is 11.8 Å². The van der Waals surface area contributed by atoms with Gasteiger partial charge in [0.05, 0.1) is 0 Å². The van der Waals surface area contributed by atoms with E-state index >= 15 is 0 Å². The number of hydrogen-bond donors (Lipinski definition) is 0. The molecule has 2 aliphatic heterocycles. The number of likely N-dealkylation sites (tertiary alicyclic amines) is 1. The third-order valence-electron chi connectivity index (χ3n) is 5.30. The second-order valence-corrected chi connectivity index (χ2v) is 10.2. The van der Waals surface area contributed by atoms with Gasteiger partial charge in [-0.1, -0.05) is 6.07 Å². The van der Waals surface area contributed by atoms with Crippen molar-refractivity contribution in [1.29, 1.82) is 0 Å². The van der Waals surface area contributed by atoms with Crippen molar-refractivity contribution >= 4 is 27.3 Å². The lowest BCUT2D eigenvalue weighted by atomic mass is 9.98. The van der Waals surface area contributed by atoms with Crippen LogP contribution in [0.15, 0.2) is 26.1 Å². The zero-order valence-corrected chi connectivity index (χ0v) is 16.9. The topological polar surface area (TPSA) is 83.7 Å². The molecule has 9 heteroatoms. The van der Waals surface area contributed by atoms with E-state index in [4.69, 9.17) is 4.42 Å². The van der Waals surface area contributed by atoms with Gasteiger partial charge in [0, 0.05) is 32.1 Å². The van der Waals surface area contributed by atoms with Crippen LogP contribution < -0.4 is 0 Å². The number of amides is 1. The molecule has 0 unspecified atom stereocenters. The van der Waals surface area contributed by atoms with Crippen LogP contribution in [0.5, 0.6) is 0 Å². The fourth-order valence-electron chi connectivity index (χ4n) is 3.74. The molecule has 2 aromatic rings. The molecule has 0 aromatic carbocycles. The lowest BCUT2D eigenvalue weighted by molar-refractivity contribution is 0.0786. The summed E-state index contributed by atoms with van der Waals surface area (Å²) in [6.07, 6.45) is 3.35. The highest BCUT2D eigenvalue weighted by Crippen LogP contribution is 2.32. The van der Waals surface area contributed by atoms with Crippen LogP contribution in [0.2, 0.25) is 0 Å². The van der Waals surface area contributed by atoms with Crippen molar-refractivity contribution in [2.45, 2.75) is 42.7 Å². The van der Waals surface area contributed by atoms with Crippen LogP contribution >= 0.6 is 11.3 Å². The molecular weight excluding hydrogens is 386 g/mol. The third kappa shape index (κ3) is 3.55. The fourth-order valence-corrected chi connectivity index (χ4v) is 6.35. The van der Waals surface area contributed by atoms with Gasteiger partial charge in [-0.2, -0.15) is 4.31 Å². The van der Waals surface area contributed by atoms with E-state index in [2.05, 4.69) is 4.98 Å². The van der Waals surface area contributed by atoms with E-state index in [0.29, 0.717) is 47.5 Å². The highest BCUT2D eigenvalue weighted by molar-refractivity contribution is 7.91. The molecule has 0 saturated carbocycles. The fraction of sp³-hybridized carbons (Fsp3) is 0.556. The van der Waals surface area contributed by atoms with Crippen LogP contribution in [0.3, 0.4) is 0 Å². The summed E-state index contributed by atoms with van der Waals surface area (Å²) in [6.45, 7) is 4.19. The number of rotatable bonds is 4. The van der Waals surface area contributed by atoms with Gasteiger partial charge < -0.3 is 9.32 Å². The summed E-state index contributed by atoms with van der Waals surface area (Å²) in [5.41, 5.74) is 0.403. The Balaban J connectivity index is 1.44. The molecule has 1 amide bonds. The van der Waals surface area contributed by atoms with Crippen molar-refractivity contribution in [2.75, 3.05) is 26.2 Å². The number of nitrogens with zero attached hydrogens (tertiary/aromatic N) is 3. The first-order chi connectivity index (χ1) is 13.0. The Kier molecular flexibility index (Phi) is 5.09. The van der Waals surface area contributed by atoms with E-state index in [1.807, 2.05) is 4.90 Å². The summed E-state index contributed by atoms with van der Waals surface area (Å²) in [6, 6.07) is 3.39. The Hall–Kier alpha value is -1.71. The van der Waals surface area contributed by atoms with E-state index in [9.17, 15) is 13.2 Å². The monoisotopic (exact) mass is 409 g/mol. The molecule has 4 rings (SSSR count). The number of thiophene rings is 1. The van der Waals surface area contributed by atoms with Crippen LogP contribution in [0.1, 0.15) is 53.7 Å². The highest BCUT2D eigenvalue weighted by Gasteiger charge is 2.33. The quantitative estimate of drug-likeness (QED) is 0.775. The van der Waals surface area contributed by atoms with Gasteiger partial charge in [0.25, 0.3) is 15.9 Å². The molecule has 4 heterocycles. The predicted molar refractivity (Wildman–Crippen MR) is 101 cm³/mol. The molecule has 27 heavy (non-hydrogen) atoms. The molecule has 7 nitrogen and oxygen atoms in total. The van der Waals surface area contributed by atoms with Crippen molar-refractivity contribution < 1.29 is 17.6 Å². The van der Waals surface area contributed by atoms with Gasteiger partial charge in [-0.15, -0.1) is 11.3 Å². The molecule has 2 aromatic heterocycles. The van der Waals surface area contributed by atoms with Gasteiger partial charge in [0.1, 0.15) is 9.97 Å². The molecule has 0 radical (unpaired) electrons. The number of hydrogen-bond acceptors (Lipinski definition) is 6. The number of piperidine rings is 1. The average Bonchev–Trinajstić information content (AvgIpc) is 3.42. The molecular formula is C18H23N3O4S2. The van der Waals surface area contributed by atoms with E-state index in [1.165, 1.54) is 15.6 Å². The number of oxazole rings is 1. The van der Waals surface area contributed by atoms with Crippen molar-refractivity contribution in [3.05, 3.63) is 34.9 Å². The van der Waals surface area contributed by atoms with Gasteiger partial charge in [0.15, 0.2) is 11.6 Å². The Morgan fingerprint density at radius 3 is 2.56 bits per heavy atom. The lowest BCUT2D eigenvalue weighted by Crippen LogP contribution is -2.37. The molecule has 2 aliphatic rings. The standard InChI is InChI=1S/C18H23N3O4S2/c1-13-16(18(22)20-8-2-3-9-20)19-17(25-13)14-6-10-21(11-7-14)27(23,24)15-5-4-12-26-15/h4-5,12,14H,2-3,6-11H2,1H3. The summed E-state index contributed by atoms with van der Waals surface area (Å²) in [5, 5.41) is 1.77. The van der Waals surface area contributed by atoms with Crippen LogP contribution in [0, 0.1) is 6.92 Å². The number of aryl methyl sites for hydroxylation is 1. The van der Waals surface area contributed by atoms with Crippen molar-refractivity contribution in [2.24, 2.45) is 0 Å². The number of aromatic nitrogens is 1. The Morgan fingerprint density at radius 1 is 1.22 bits per heavy atom. The lowest BCUT2D eigenvalue weighted by Gasteiger charge is -2.29. The smallest absolute Gasteiger partial charge is 0.276 e. The van der Waals surface area contributed by atoms with Crippen molar-refractivity contribution in [1.82, 2.24) is 14.2 Å². The first kappa shape index (κ1) is 18.6. The minimum Gasteiger partial charge on any atom is -0.445 e. The normalized spacial score (nSPS) is 19.7. The molecule has 0 atom stereocenters. The Labute approximate surface area is 163 Å². The molecule has 2 saturated heterocycles. The second-order valence-electron chi connectivity index (χ2n) is 7.07. The summed E-state index contributed by atoms with van der Waals surface area (Å²) in [5.74, 6) is 1.09. The van der Waals surface area contributed by atoms with Crippen molar-refractivity contribution in [3.63, 3.8) is 0 Å². The van der Waals surface area contributed by atoms with E-state index < -0.39 is 10.0 Å². The van der Waals surface area contributed by atoms with Crippen LogP contribution in [-0.4, -0.2) is 54.7 Å². The largest absolute Gasteiger partial charge is 0.445 e. The molecule has 0 N–H and O–H groups in total. The van der Waals surface area contributed by atoms with Gasteiger partial charge >= 0.3 is 0 Å². The van der Waals surface area contributed by atoms with Gasteiger partial charge in [-0.05, 0) is 44.1 Å². The predicted octanol–water partition coefficient (Wildman–Crippen LogP) is 2.85. The van der Waals surface area contributed by atoms with Gasteiger partial charge in [0.2, 0.25) is 0 Å². The van der Waals surface area contributed by atoms with Crippen LogP contribution in [0.4, 0.5) is 0 Å². The number of carbonyl (C=O) groups excluding carboxylic acids is 1. The third-order valence-corrected chi connectivity index (χ3v) is 8.57. The molecule has 146 valence electrons. The zero-order valence-electron chi connectivity index (χ0n) is 15.3. The highest BCUT2D eigenvalue weighted by atomic mass is 32.2. The minimum atomic E-state index is -3.41. The first-order valence-electron chi connectivity index (χ1n) is 9.27. The SMILES string of the molecule is Cc1oc(C2CCN(S(=O)(=O)c3cccs3)CC2)nc1C(=O)N1CCCC1. The summed E-state index contributed by atoms with van der Waals surface area (Å²) in [4.78, 5) is 18.9. The van der Waals surface area contributed by atoms with E-state index in [0.717, 1.165) is 25.9 Å². The summed E-state index contributed by atoms with van der Waals surface area (Å²) >= 11 is 1.24. The Morgan fingerprint density at radius 2 is 1.93 bits per heavy atom. The molecule has 0 spiro atoms. The maximum absolute atomic E-state index is 12.6. The molecule has 0 aliphatic carbocycles. The number of sulfonamides is 1. The van der Waals surface area contributed by atoms with E-state index in [1.54, 1.807) is 24.4 Å². The molecule has 2 fully saturated rings. The second kappa shape index (κ2) is 7.37. The van der Waals surface area contributed by atoms with Crippen LogP contribution in [0.25, 0.3) is 0 Å². The first-order valence-corrected chi connectivity index (χ1v) is 11.6.